The Bertz CT molecular complexity index is 692. The largest absolute Gasteiger partial charge is 0.327 e. The van der Waals surface area contributed by atoms with Crippen molar-refractivity contribution in [1.29, 1.82) is 0 Å². The molecule has 138 valence electrons. The number of nitro benzene ring substituents is 1. The van der Waals surface area contributed by atoms with Gasteiger partial charge in [0.25, 0.3) is 5.69 Å². The Morgan fingerprint density at radius 2 is 1.75 bits per heavy atom. The van der Waals surface area contributed by atoms with Gasteiger partial charge in [-0.25, -0.2) is 12.7 Å². The molecular weight excluding hydrogens is 354 g/mol. The fourth-order valence-corrected chi connectivity index (χ4v) is 3.48. The van der Waals surface area contributed by atoms with Crippen molar-refractivity contribution in [3.05, 3.63) is 33.4 Å². The van der Waals surface area contributed by atoms with Crippen LogP contribution in [0.1, 0.15) is 31.4 Å². The third-order valence-corrected chi connectivity index (χ3v) is 5.98. The van der Waals surface area contributed by atoms with Crippen molar-refractivity contribution >= 4 is 28.1 Å². The molecule has 1 aromatic carbocycles. The van der Waals surface area contributed by atoms with Gasteiger partial charge in [-0.3, -0.25) is 10.1 Å². The molecular formula is C15H26ClN3O4S. The van der Waals surface area contributed by atoms with E-state index in [0.29, 0.717) is 17.5 Å². The molecule has 1 unspecified atom stereocenters. The summed E-state index contributed by atoms with van der Waals surface area (Å²) in [7, 11) is -2.52. The average molecular weight is 380 g/mol. The maximum absolute atomic E-state index is 12.7. The Morgan fingerprint density at radius 3 is 2.21 bits per heavy atom. The van der Waals surface area contributed by atoms with Gasteiger partial charge < -0.3 is 5.73 Å². The second-order valence-corrected chi connectivity index (χ2v) is 8.20. The summed E-state index contributed by atoms with van der Waals surface area (Å²) in [6, 6.07) is 2.54. The molecule has 7 nitrogen and oxygen atoms in total. The fraction of sp³-hybridized carbons (Fsp3) is 0.600. The summed E-state index contributed by atoms with van der Waals surface area (Å²) < 4.78 is 26.5. The molecule has 0 radical (unpaired) electrons. The number of aryl methyl sites for hydroxylation is 2. The van der Waals surface area contributed by atoms with Crippen LogP contribution in [0.5, 0.6) is 0 Å². The molecule has 0 aliphatic rings. The highest BCUT2D eigenvalue weighted by Crippen LogP contribution is 2.29. The number of hydrogen-bond acceptors (Lipinski definition) is 5. The average Bonchev–Trinajstić information content (AvgIpc) is 2.45. The van der Waals surface area contributed by atoms with Gasteiger partial charge in [0.1, 0.15) is 0 Å². The quantitative estimate of drug-likeness (QED) is 0.578. The number of nitrogens with zero attached hydrogens (tertiary/aromatic N) is 2. The third kappa shape index (κ3) is 5.14. The van der Waals surface area contributed by atoms with Crippen LogP contribution in [-0.4, -0.2) is 37.3 Å². The van der Waals surface area contributed by atoms with Crippen LogP contribution in [0, 0.1) is 29.9 Å². The standard InChI is InChI=1S/C15H25N3O4S.ClH/c1-10(2)13(16)6-7-17(5)23(21,22)15-9-12(4)11(3)8-14(15)18(19)20;/h8-10,13H,6-7,16H2,1-5H3;1H. The second-order valence-electron chi connectivity index (χ2n) is 6.18. The summed E-state index contributed by atoms with van der Waals surface area (Å²) in [6.45, 7) is 7.59. The predicted molar refractivity (Wildman–Crippen MR) is 97.1 cm³/mol. The van der Waals surface area contributed by atoms with Crippen LogP contribution in [0.25, 0.3) is 0 Å². The second kappa shape index (κ2) is 8.75. The zero-order chi connectivity index (χ0) is 17.9. The maximum atomic E-state index is 12.7. The Kier molecular flexibility index (Phi) is 8.31. The highest BCUT2D eigenvalue weighted by Gasteiger charge is 2.30. The van der Waals surface area contributed by atoms with Crippen molar-refractivity contribution in [2.45, 2.75) is 45.1 Å². The smallest absolute Gasteiger partial charge is 0.289 e. The molecule has 2 N–H and O–H groups in total. The zero-order valence-electron chi connectivity index (χ0n) is 14.6. The molecule has 0 saturated heterocycles. The maximum Gasteiger partial charge on any atom is 0.289 e. The minimum absolute atomic E-state index is 0. The van der Waals surface area contributed by atoms with Crippen molar-refractivity contribution in [3.63, 3.8) is 0 Å². The monoisotopic (exact) mass is 379 g/mol. The van der Waals surface area contributed by atoms with Crippen molar-refractivity contribution < 1.29 is 13.3 Å². The molecule has 1 aromatic rings. The lowest BCUT2D eigenvalue weighted by Crippen LogP contribution is -2.35. The first-order valence-corrected chi connectivity index (χ1v) is 8.90. The van der Waals surface area contributed by atoms with Crippen molar-refractivity contribution in [1.82, 2.24) is 4.31 Å². The van der Waals surface area contributed by atoms with Gasteiger partial charge in [-0.2, -0.15) is 0 Å². The summed E-state index contributed by atoms with van der Waals surface area (Å²) >= 11 is 0. The van der Waals surface area contributed by atoms with E-state index >= 15 is 0 Å². The van der Waals surface area contributed by atoms with Gasteiger partial charge in [-0.1, -0.05) is 13.8 Å². The first-order chi connectivity index (χ1) is 10.5. The summed E-state index contributed by atoms with van der Waals surface area (Å²) in [5.41, 5.74) is 6.92. The fourth-order valence-electron chi connectivity index (χ4n) is 2.08. The first kappa shape index (κ1) is 22.8. The SMILES string of the molecule is Cc1cc([N+](=O)[O-])c(S(=O)(=O)N(C)CCC(N)C(C)C)cc1C.Cl. The lowest BCUT2D eigenvalue weighted by Gasteiger charge is -2.21. The van der Waals surface area contributed by atoms with Crippen LogP contribution < -0.4 is 5.73 Å². The molecule has 0 aliphatic heterocycles. The first-order valence-electron chi connectivity index (χ1n) is 7.46. The normalized spacial score (nSPS) is 13.0. The predicted octanol–water partition coefficient (Wildman–Crippen LogP) is 2.63. The topological polar surface area (TPSA) is 107 Å². The molecule has 9 heteroatoms. The molecule has 0 fully saturated rings. The molecule has 0 spiro atoms. The van der Waals surface area contributed by atoms with E-state index in [0.717, 1.165) is 4.31 Å². The van der Waals surface area contributed by atoms with Crippen LogP contribution in [0.2, 0.25) is 0 Å². The Morgan fingerprint density at radius 1 is 1.25 bits per heavy atom. The van der Waals surface area contributed by atoms with Crippen molar-refractivity contribution in [3.8, 4) is 0 Å². The lowest BCUT2D eigenvalue weighted by atomic mass is 10.0. The van der Waals surface area contributed by atoms with Crippen LogP contribution in [0.4, 0.5) is 5.69 Å². The van der Waals surface area contributed by atoms with Crippen LogP contribution >= 0.6 is 12.4 Å². The molecule has 0 bridgehead atoms. The molecule has 24 heavy (non-hydrogen) atoms. The molecule has 1 atom stereocenters. The number of halogens is 1. The summed E-state index contributed by atoms with van der Waals surface area (Å²) in [5.74, 6) is 0.238. The Labute approximate surface area is 149 Å². The number of benzene rings is 1. The molecule has 0 aromatic heterocycles. The molecule has 0 aliphatic carbocycles. The lowest BCUT2D eigenvalue weighted by molar-refractivity contribution is -0.387. The van der Waals surface area contributed by atoms with Gasteiger partial charge in [0, 0.05) is 25.7 Å². The Hall–Kier alpha value is -1.22. The summed E-state index contributed by atoms with van der Waals surface area (Å²) in [4.78, 5) is 10.3. The Balaban J connectivity index is 0.00000529. The highest BCUT2D eigenvalue weighted by atomic mass is 35.5. The van der Waals surface area contributed by atoms with Gasteiger partial charge >= 0.3 is 0 Å². The van der Waals surface area contributed by atoms with Crippen LogP contribution in [0.3, 0.4) is 0 Å². The number of nitrogens with two attached hydrogens (primary N) is 1. The molecule has 1 rings (SSSR count). The molecule has 0 heterocycles. The minimum atomic E-state index is -3.94. The van der Waals surface area contributed by atoms with Gasteiger partial charge in [0.2, 0.25) is 10.0 Å². The summed E-state index contributed by atoms with van der Waals surface area (Å²) in [5, 5.41) is 11.2. The van der Waals surface area contributed by atoms with Crippen LogP contribution in [0.15, 0.2) is 17.0 Å². The summed E-state index contributed by atoms with van der Waals surface area (Å²) in [6.07, 6.45) is 0.492. The van der Waals surface area contributed by atoms with E-state index in [1.165, 1.54) is 19.2 Å². The number of rotatable bonds is 7. The van der Waals surface area contributed by atoms with E-state index in [1.807, 2.05) is 13.8 Å². The van der Waals surface area contributed by atoms with Gasteiger partial charge in [-0.15, -0.1) is 12.4 Å². The van der Waals surface area contributed by atoms with Crippen LogP contribution in [-0.2, 0) is 10.0 Å². The van der Waals surface area contributed by atoms with Gasteiger partial charge in [0.05, 0.1) is 4.92 Å². The van der Waals surface area contributed by atoms with E-state index in [1.54, 1.807) is 13.8 Å². The van der Waals surface area contributed by atoms with E-state index in [9.17, 15) is 18.5 Å². The minimum Gasteiger partial charge on any atom is -0.327 e. The van der Waals surface area contributed by atoms with E-state index in [-0.39, 0.29) is 35.8 Å². The van der Waals surface area contributed by atoms with Crippen molar-refractivity contribution in [2.24, 2.45) is 11.7 Å². The molecule has 0 saturated carbocycles. The number of sulfonamides is 1. The zero-order valence-corrected chi connectivity index (χ0v) is 16.3. The van der Waals surface area contributed by atoms with E-state index in [4.69, 9.17) is 5.73 Å². The third-order valence-electron chi connectivity index (χ3n) is 4.09. The highest BCUT2D eigenvalue weighted by molar-refractivity contribution is 7.89. The van der Waals surface area contributed by atoms with E-state index in [2.05, 4.69) is 0 Å². The van der Waals surface area contributed by atoms with Crippen molar-refractivity contribution in [2.75, 3.05) is 13.6 Å². The number of hydrogen-bond donors (Lipinski definition) is 1. The van der Waals surface area contributed by atoms with Gasteiger partial charge in [-0.05, 0) is 43.4 Å². The number of nitro groups is 1. The molecule has 0 amide bonds. The van der Waals surface area contributed by atoms with Gasteiger partial charge in [0.15, 0.2) is 4.90 Å². The van der Waals surface area contributed by atoms with E-state index < -0.39 is 20.6 Å².